The number of aromatic nitrogens is 2. The predicted molar refractivity (Wildman–Crippen MR) is 80.7 cm³/mol. The zero-order valence-corrected chi connectivity index (χ0v) is 12.9. The van der Waals surface area contributed by atoms with Crippen LogP contribution in [-0.2, 0) is 6.54 Å². The van der Waals surface area contributed by atoms with Gasteiger partial charge in [0.2, 0.25) is 11.8 Å². The summed E-state index contributed by atoms with van der Waals surface area (Å²) in [5.41, 5.74) is 1.18. The van der Waals surface area contributed by atoms with Gasteiger partial charge < -0.3 is 9.52 Å². The Kier molecular flexibility index (Phi) is 5.47. The highest BCUT2D eigenvalue weighted by molar-refractivity contribution is 5.19. The van der Waals surface area contributed by atoms with Crippen molar-refractivity contribution in [2.45, 2.75) is 38.8 Å². The molecule has 0 aliphatic heterocycles. The molecule has 0 unspecified atom stereocenters. The highest BCUT2D eigenvalue weighted by Crippen LogP contribution is 2.24. The maximum Gasteiger partial charge on any atom is 0.230 e. The Bertz CT molecular complexity index is 539. The molecule has 2 rings (SSSR count). The van der Waals surface area contributed by atoms with Crippen molar-refractivity contribution in [1.82, 2.24) is 15.1 Å². The van der Waals surface area contributed by atoms with E-state index in [-0.39, 0.29) is 18.6 Å². The smallest absolute Gasteiger partial charge is 0.230 e. The summed E-state index contributed by atoms with van der Waals surface area (Å²) in [6, 6.07) is 10.3. The van der Waals surface area contributed by atoms with Gasteiger partial charge in [0, 0.05) is 18.6 Å². The molecule has 114 valence electrons. The van der Waals surface area contributed by atoms with Crippen molar-refractivity contribution in [3.63, 3.8) is 0 Å². The third-order valence-electron chi connectivity index (χ3n) is 3.48. The van der Waals surface area contributed by atoms with E-state index in [0.29, 0.717) is 24.7 Å². The quantitative estimate of drug-likeness (QED) is 0.849. The number of nitrogens with zero attached hydrogens (tertiary/aromatic N) is 3. The molecule has 1 aromatic carbocycles. The van der Waals surface area contributed by atoms with Crippen LogP contribution >= 0.6 is 0 Å². The van der Waals surface area contributed by atoms with Gasteiger partial charge in [0.25, 0.3) is 0 Å². The van der Waals surface area contributed by atoms with E-state index in [1.54, 1.807) is 0 Å². The summed E-state index contributed by atoms with van der Waals surface area (Å²) in [6.07, 6.45) is 0.672. The monoisotopic (exact) mass is 289 g/mol. The molecule has 1 N–H and O–H groups in total. The summed E-state index contributed by atoms with van der Waals surface area (Å²) >= 11 is 0. The van der Waals surface area contributed by atoms with Crippen LogP contribution < -0.4 is 0 Å². The van der Waals surface area contributed by atoms with E-state index in [1.807, 2.05) is 39.1 Å². The van der Waals surface area contributed by atoms with Crippen LogP contribution in [0.3, 0.4) is 0 Å². The fourth-order valence-electron chi connectivity index (χ4n) is 2.33. The van der Waals surface area contributed by atoms with Gasteiger partial charge in [0.15, 0.2) is 0 Å². The second-order valence-corrected chi connectivity index (χ2v) is 5.54. The van der Waals surface area contributed by atoms with Gasteiger partial charge in [-0.3, -0.25) is 4.90 Å². The molecule has 1 atom stereocenters. The molecule has 0 bridgehead atoms. The first-order valence-electron chi connectivity index (χ1n) is 7.30. The van der Waals surface area contributed by atoms with Crippen LogP contribution in [0.4, 0.5) is 0 Å². The molecule has 0 fully saturated rings. The molecule has 2 aromatic rings. The molecular formula is C16H23N3O2. The van der Waals surface area contributed by atoms with Crippen LogP contribution in [0, 0.1) is 0 Å². The van der Waals surface area contributed by atoms with Gasteiger partial charge in [-0.2, -0.15) is 0 Å². The maximum absolute atomic E-state index is 9.31. The molecule has 21 heavy (non-hydrogen) atoms. The second-order valence-electron chi connectivity index (χ2n) is 5.54. The molecule has 1 heterocycles. The maximum atomic E-state index is 9.31. The largest absolute Gasteiger partial charge is 0.424 e. The van der Waals surface area contributed by atoms with E-state index < -0.39 is 0 Å². The van der Waals surface area contributed by atoms with Gasteiger partial charge in [0.1, 0.15) is 0 Å². The Morgan fingerprint density at radius 2 is 1.90 bits per heavy atom. The van der Waals surface area contributed by atoms with Crippen molar-refractivity contribution < 1.29 is 9.52 Å². The Morgan fingerprint density at radius 3 is 2.48 bits per heavy atom. The van der Waals surface area contributed by atoms with Crippen molar-refractivity contribution >= 4 is 0 Å². The first-order valence-corrected chi connectivity index (χ1v) is 7.30. The van der Waals surface area contributed by atoms with Crippen LogP contribution in [0.25, 0.3) is 0 Å². The number of aliphatic hydroxyl groups is 1. The average molecular weight is 289 g/mol. The van der Waals surface area contributed by atoms with E-state index >= 15 is 0 Å². The molecule has 0 saturated heterocycles. The zero-order chi connectivity index (χ0) is 15.2. The lowest BCUT2D eigenvalue weighted by Gasteiger charge is -2.26. The number of benzene rings is 1. The number of hydrogen-bond donors (Lipinski definition) is 1. The lowest BCUT2D eigenvalue weighted by atomic mass is 10.0. The van der Waals surface area contributed by atoms with E-state index in [4.69, 9.17) is 4.42 Å². The minimum Gasteiger partial charge on any atom is -0.424 e. The molecule has 1 aromatic heterocycles. The Balaban J connectivity index is 2.09. The molecule has 5 nitrogen and oxygen atoms in total. The molecule has 0 aliphatic rings. The summed E-state index contributed by atoms with van der Waals surface area (Å²) in [5.74, 6) is 1.51. The van der Waals surface area contributed by atoms with E-state index in [9.17, 15) is 5.11 Å². The van der Waals surface area contributed by atoms with Crippen LogP contribution in [-0.4, -0.2) is 33.9 Å². The van der Waals surface area contributed by atoms with Crippen LogP contribution in [0.1, 0.15) is 49.6 Å². The topological polar surface area (TPSA) is 62.4 Å². The van der Waals surface area contributed by atoms with Crippen LogP contribution in [0.5, 0.6) is 0 Å². The summed E-state index contributed by atoms with van der Waals surface area (Å²) in [6.45, 7) is 4.77. The molecular weight excluding hydrogens is 266 g/mol. The van der Waals surface area contributed by atoms with Crippen LogP contribution in [0.2, 0.25) is 0 Å². The lowest BCUT2D eigenvalue weighted by Crippen LogP contribution is -2.25. The Morgan fingerprint density at radius 1 is 1.19 bits per heavy atom. The fraction of sp³-hybridized carbons (Fsp3) is 0.500. The molecule has 0 aliphatic carbocycles. The minimum absolute atomic E-state index is 0.130. The first kappa shape index (κ1) is 15.7. The third-order valence-corrected chi connectivity index (χ3v) is 3.48. The lowest BCUT2D eigenvalue weighted by molar-refractivity contribution is 0.167. The number of rotatable bonds is 7. The molecule has 0 amide bonds. The Hall–Kier alpha value is -1.72. The summed E-state index contributed by atoms with van der Waals surface area (Å²) in [7, 11) is 2.01. The van der Waals surface area contributed by atoms with Crippen LogP contribution in [0.15, 0.2) is 34.7 Å². The van der Waals surface area contributed by atoms with Gasteiger partial charge in [-0.15, -0.1) is 10.2 Å². The Labute approximate surface area is 125 Å². The van der Waals surface area contributed by atoms with E-state index in [2.05, 4.69) is 27.2 Å². The highest BCUT2D eigenvalue weighted by Gasteiger charge is 2.19. The molecule has 0 radical (unpaired) electrons. The van der Waals surface area contributed by atoms with Crippen molar-refractivity contribution in [3.8, 4) is 0 Å². The molecule has 5 heteroatoms. The number of aliphatic hydroxyl groups excluding tert-OH is 1. The zero-order valence-electron chi connectivity index (χ0n) is 12.9. The fourth-order valence-corrected chi connectivity index (χ4v) is 2.33. The first-order chi connectivity index (χ1) is 10.1. The SMILES string of the molecule is CC(C)c1nnc(CN(C)[C@H](CCO)c2ccccc2)o1. The van der Waals surface area contributed by atoms with E-state index in [0.717, 1.165) is 0 Å². The van der Waals surface area contributed by atoms with Gasteiger partial charge in [0.05, 0.1) is 6.54 Å². The standard InChI is InChI=1S/C16H23N3O2/c1-12(2)16-18-17-15(21-16)11-19(3)14(9-10-20)13-7-5-4-6-8-13/h4-8,12,14,20H,9-11H2,1-3H3/t14-/m1/s1. The van der Waals surface area contributed by atoms with Crippen molar-refractivity contribution in [3.05, 3.63) is 47.7 Å². The second kappa shape index (κ2) is 7.33. The summed E-state index contributed by atoms with van der Waals surface area (Å²) < 4.78 is 5.65. The molecule has 0 saturated carbocycles. The normalized spacial score (nSPS) is 13.0. The summed E-state index contributed by atoms with van der Waals surface area (Å²) in [4.78, 5) is 2.13. The van der Waals surface area contributed by atoms with Gasteiger partial charge in [-0.05, 0) is 19.0 Å². The minimum atomic E-state index is 0.130. The highest BCUT2D eigenvalue weighted by atomic mass is 16.4. The number of hydrogen-bond acceptors (Lipinski definition) is 5. The van der Waals surface area contributed by atoms with Gasteiger partial charge in [-0.1, -0.05) is 44.2 Å². The van der Waals surface area contributed by atoms with Gasteiger partial charge >= 0.3 is 0 Å². The van der Waals surface area contributed by atoms with Crippen molar-refractivity contribution in [2.75, 3.05) is 13.7 Å². The predicted octanol–water partition coefficient (Wildman–Crippen LogP) is 2.75. The molecule has 0 spiro atoms. The summed E-state index contributed by atoms with van der Waals surface area (Å²) in [5, 5.41) is 17.5. The van der Waals surface area contributed by atoms with E-state index in [1.165, 1.54) is 5.56 Å². The van der Waals surface area contributed by atoms with Crippen molar-refractivity contribution in [1.29, 1.82) is 0 Å². The third kappa shape index (κ3) is 4.12. The van der Waals surface area contributed by atoms with Gasteiger partial charge in [-0.25, -0.2) is 0 Å². The van der Waals surface area contributed by atoms with Crippen molar-refractivity contribution in [2.24, 2.45) is 0 Å². The average Bonchev–Trinajstić information content (AvgIpc) is 2.94.